The Hall–Kier alpha value is -0.0800. The molecule has 0 bridgehead atoms. The molecule has 0 aromatic carbocycles. The molecule has 0 spiro atoms. The highest BCUT2D eigenvalue weighted by atomic mass is 16.6. The molecule has 0 radical (unpaired) electrons. The van der Waals surface area contributed by atoms with Gasteiger partial charge in [-0.3, -0.25) is 0 Å². The summed E-state index contributed by atoms with van der Waals surface area (Å²) in [6.07, 6.45) is 13.8. The average molecular weight is 222 g/mol. The van der Waals surface area contributed by atoms with Gasteiger partial charge in [0.2, 0.25) is 0 Å². The van der Waals surface area contributed by atoms with E-state index >= 15 is 0 Å². The van der Waals surface area contributed by atoms with Gasteiger partial charge in [0, 0.05) is 0 Å². The van der Waals surface area contributed by atoms with Crippen molar-refractivity contribution >= 4 is 0 Å². The van der Waals surface area contributed by atoms with Gasteiger partial charge < -0.3 is 9.47 Å². The van der Waals surface area contributed by atoms with Gasteiger partial charge in [0.15, 0.2) is 0 Å². The Labute approximate surface area is 97.7 Å². The predicted molar refractivity (Wildman–Crippen MR) is 61.2 cm³/mol. The summed E-state index contributed by atoms with van der Waals surface area (Å²) in [5.74, 6) is 1.92. The van der Waals surface area contributed by atoms with Crippen LogP contribution in [0.2, 0.25) is 0 Å². The fourth-order valence-electron chi connectivity index (χ4n) is 4.08. The lowest BCUT2D eigenvalue weighted by Gasteiger charge is -2.24. The van der Waals surface area contributed by atoms with Crippen molar-refractivity contribution in [3.05, 3.63) is 0 Å². The highest BCUT2D eigenvalue weighted by Crippen LogP contribution is 2.45. The maximum atomic E-state index is 5.68. The number of hydrogen-bond donors (Lipinski definition) is 0. The Morgan fingerprint density at radius 2 is 1.38 bits per heavy atom. The molecule has 2 heteroatoms. The van der Waals surface area contributed by atoms with Gasteiger partial charge in [0.25, 0.3) is 0 Å². The van der Waals surface area contributed by atoms with Crippen LogP contribution in [0.25, 0.3) is 0 Å². The van der Waals surface area contributed by atoms with Crippen LogP contribution in [0.4, 0.5) is 0 Å². The van der Waals surface area contributed by atoms with Gasteiger partial charge in [-0.15, -0.1) is 0 Å². The van der Waals surface area contributed by atoms with Crippen LogP contribution < -0.4 is 0 Å². The van der Waals surface area contributed by atoms with Crippen molar-refractivity contribution in [1.82, 2.24) is 0 Å². The Kier molecular flexibility index (Phi) is 2.29. The first kappa shape index (κ1) is 9.90. The number of ether oxygens (including phenoxy) is 2. The second-order valence-electron chi connectivity index (χ2n) is 6.37. The lowest BCUT2D eigenvalue weighted by Crippen LogP contribution is -2.17. The first-order valence-corrected chi connectivity index (χ1v) is 7.19. The zero-order valence-corrected chi connectivity index (χ0v) is 9.94. The molecule has 2 saturated heterocycles. The van der Waals surface area contributed by atoms with Crippen molar-refractivity contribution in [2.24, 2.45) is 11.8 Å². The van der Waals surface area contributed by atoms with Crippen LogP contribution in [-0.2, 0) is 9.47 Å². The predicted octanol–water partition coefficient (Wildman–Crippen LogP) is 2.90. The van der Waals surface area contributed by atoms with E-state index in [0.717, 1.165) is 11.8 Å². The van der Waals surface area contributed by atoms with E-state index in [1.165, 1.54) is 51.4 Å². The summed E-state index contributed by atoms with van der Waals surface area (Å²) < 4.78 is 11.3. The second kappa shape index (κ2) is 3.71. The number of hydrogen-bond acceptors (Lipinski definition) is 2. The molecule has 0 amide bonds. The maximum Gasteiger partial charge on any atom is 0.0844 e. The van der Waals surface area contributed by atoms with Gasteiger partial charge in [0.1, 0.15) is 0 Å². The molecule has 4 fully saturated rings. The van der Waals surface area contributed by atoms with E-state index in [1.807, 2.05) is 0 Å². The minimum absolute atomic E-state index is 0.654. The van der Waals surface area contributed by atoms with Crippen LogP contribution in [0, 0.1) is 11.8 Å². The standard InChI is InChI=1S/C14H22O2/c1-2-9(7-13-11(3-1)15-13)6-10-4-5-12-14(8-10)16-12/h9-14H,1-8H2. The van der Waals surface area contributed by atoms with Crippen LogP contribution in [-0.4, -0.2) is 24.4 Å². The fraction of sp³-hybridized carbons (Fsp3) is 1.00. The Balaban J connectivity index is 1.31. The second-order valence-corrected chi connectivity index (χ2v) is 6.37. The zero-order valence-electron chi connectivity index (χ0n) is 9.94. The first-order chi connectivity index (χ1) is 7.88. The molecule has 0 N–H and O–H groups in total. The van der Waals surface area contributed by atoms with Crippen LogP contribution in [0.15, 0.2) is 0 Å². The maximum absolute atomic E-state index is 5.68. The fourth-order valence-corrected chi connectivity index (χ4v) is 4.08. The third-order valence-electron chi connectivity index (χ3n) is 5.13. The third-order valence-corrected chi connectivity index (χ3v) is 5.13. The molecule has 6 atom stereocenters. The molecule has 2 saturated carbocycles. The van der Waals surface area contributed by atoms with Crippen molar-refractivity contribution in [2.75, 3.05) is 0 Å². The molecule has 2 aliphatic heterocycles. The molecular formula is C14H22O2. The van der Waals surface area contributed by atoms with E-state index in [1.54, 1.807) is 0 Å². The van der Waals surface area contributed by atoms with Crippen LogP contribution in [0.1, 0.15) is 51.4 Å². The van der Waals surface area contributed by atoms with Crippen molar-refractivity contribution in [3.8, 4) is 0 Å². The van der Waals surface area contributed by atoms with E-state index < -0.39 is 0 Å². The van der Waals surface area contributed by atoms with Crippen LogP contribution in [0.3, 0.4) is 0 Å². The Morgan fingerprint density at radius 1 is 0.688 bits per heavy atom. The minimum atomic E-state index is 0.654. The third kappa shape index (κ3) is 1.91. The lowest BCUT2D eigenvalue weighted by atomic mass is 9.80. The Morgan fingerprint density at radius 3 is 2.19 bits per heavy atom. The van der Waals surface area contributed by atoms with Gasteiger partial charge >= 0.3 is 0 Å². The van der Waals surface area contributed by atoms with E-state index in [0.29, 0.717) is 24.4 Å². The molecule has 0 aromatic heterocycles. The van der Waals surface area contributed by atoms with E-state index in [-0.39, 0.29) is 0 Å². The van der Waals surface area contributed by atoms with Crippen molar-refractivity contribution in [1.29, 1.82) is 0 Å². The van der Waals surface area contributed by atoms with Crippen LogP contribution >= 0.6 is 0 Å². The number of fused-ring (bicyclic) bond motifs is 2. The van der Waals surface area contributed by atoms with Gasteiger partial charge in [-0.05, 0) is 50.4 Å². The number of epoxide rings is 2. The zero-order chi connectivity index (χ0) is 10.5. The summed E-state index contributed by atoms with van der Waals surface area (Å²) in [7, 11) is 0. The Bertz CT molecular complexity index is 278. The molecule has 4 aliphatic rings. The highest BCUT2D eigenvalue weighted by Gasteiger charge is 2.45. The molecule has 90 valence electrons. The summed E-state index contributed by atoms with van der Waals surface area (Å²) in [6, 6.07) is 0. The first-order valence-electron chi connectivity index (χ1n) is 7.19. The minimum Gasteiger partial charge on any atom is -0.370 e. The van der Waals surface area contributed by atoms with E-state index in [9.17, 15) is 0 Å². The molecule has 6 unspecified atom stereocenters. The van der Waals surface area contributed by atoms with Crippen molar-refractivity contribution < 1.29 is 9.47 Å². The molecule has 2 aliphatic carbocycles. The smallest absolute Gasteiger partial charge is 0.0844 e. The van der Waals surface area contributed by atoms with Gasteiger partial charge in [-0.25, -0.2) is 0 Å². The number of rotatable bonds is 2. The van der Waals surface area contributed by atoms with Crippen molar-refractivity contribution in [2.45, 2.75) is 75.8 Å². The van der Waals surface area contributed by atoms with Gasteiger partial charge in [-0.2, -0.15) is 0 Å². The molecule has 2 heterocycles. The molecule has 0 aromatic rings. The summed E-state index contributed by atoms with van der Waals surface area (Å²) in [6.45, 7) is 0. The normalized spacial score (nSPS) is 54.8. The van der Waals surface area contributed by atoms with Gasteiger partial charge in [0.05, 0.1) is 24.4 Å². The van der Waals surface area contributed by atoms with E-state index in [4.69, 9.17) is 9.47 Å². The summed E-state index contributed by atoms with van der Waals surface area (Å²) in [5.41, 5.74) is 0. The average Bonchev–Trinajstić information content (AvgIpc) is 3.08. The largest absolute Gasteiger partial charge is 0.370 e. The van der Waals surface area contributed by atoms with Crippen molar-refractivity contribution in [3.63, 3.8) is 0 Å². The van der Waals surface area contributed by atoms with E-state index in [2.05, 4.69) is 0 Å². The quantitative estimate of drug-likeness (QED) is 0.671. The van der Waals surface area contributed by atoms with Gasteiger partial charge in [-0.1, -0.05) is 12.8 Å². The summed E-state index contributed by atoms with van der Waals surface area (Å²) in [5, 5.41) is 0. The topological polar surface area (TPSA) is 25.1 Å². The molecular weight excluding hydrogens is 200 g/mol. The molecule has 2 nitrogen and oxygen atoms in total. The van der Waals surface area contributed by atoms with Crippen LogP contribution in [0.5, 0.6) is 0 Å². The highest BCUT2D eigenvalue weighted by molar-refractivity contribution is 4.94. The molecule has 4 rings (SSSR count). The lowest BCUT2D eigenvalue weighted by molar-refractivity contribution is 0.246. The summed E-state index contributed by atoms with van der Waals surface area (Å²) >= 11 is 0. The molecule has 16 heavy (non-hydrogen) atoms. The summed E-state index contributed by atoms with van der Waals surface area (Å²) in [4.78, 5) is 0. The monoisotopic (exact) mass is 222 g/mol. The SMILES string of the molecule is C1CC(CC2CCC3OC3C2)CC2OC2C1.